The van der Waals surface area contributed by atoms with E-state index < -0.39 is 0 Å². The lowest BCUT2D eigenvalue weighted by molar-refractivity contribution is 0.0773. The number of carbonyl (C=O) groups excluding carboxylic acids is 2. The van der Waals surface area contributed by atoms with Gasteiger partial charge in [-0.1, -0.05) is 35.9 Å². The molecule has 0 aliphatic heterocycles. The Bertz CT molecular complexity index is 1200. The molecule has 0 saturated carbocycles. The van der Waals surface area contributed by atoms with E-state index in [4.69, 9.17) is 16.3 Å². The summed E-state index contributed by atoms with van der Waals surface area (Å²) in [6.07, 6.45) is 0. The van der Waals surface area contributed by atoms with Gasteiger partial charge in [0.25, 0.3) is 11.8 Å². The van der Waals surface area contributed by atoms with Crippen molar-refractivity contribution in [3.8, 4) is 11.8 Å². The molecule has 0 fully saturated rings. The molecular weight excluding hydrogens is 438 g/mol. The smallest absolute Gasteiger partial charge is 0.255 e. The van der Waals surface area contributed by atoms with Crippen LogP contribution in [-0.2, 0) is 6.61 Å². The summed E-state index contributed by atoms with van der Waals surface area (Å²) in [4.78, 5) is 27.0. The Labute approximate surface area is 198 Å². The number of hydrogen-bond donors (Lipinski definition) is 1. The predicted octanol–water partition coefficient (Wildman–Crippen LogP) is 5.52. The normalized spacial score (nSPS) is 10.2. The van der Waals surface area contributed by atoms with Gasteiger partial charge in [-0.3, -0.25) is 9.59 Å². The quantitative estimate of drug-likeness (QED) is 0.478. The Morgan fingerprint density at radius 3 is 2.48 bits per heavy atom. The molecular formula is C26H24ClN3O3. The third-order valence-corrected chi connectivity index (χ3v) is 5.45. The molecule has 168 valence electrons. The predicted molar refractivity (Wildman–Crippen MR) is 129 cm³/mol. The number of nitriles is 1. The van der Waals surface area contributed by atoms with Crippen molar-refractivity contribution in [2.75, 3.05) is 18.4 Å². The monoisotopic (exact) mass is 461 g/mol. The van der Waals surface area contributed by atoms with E-state index in [9.17, 15) is 14.9 Å². The van der Waals surface area contributed by atoms with Crippen molar-refractivity contribution >= 4 is 29.1 Å². The van der Waals surface area contributed by atoms with Gasteiger partial charge in [-0.25, -0.2) is 0 Å². The number of nitrogens with zero attached hydrogens (tertiary/aromatic N) is 2. The summed E-state index contributed by atoms with van der Waals surface area (Å²) >= 11 is 6.32. The Kier molecular flexibility index (Phi) is 8.06. The van der Waals surface area contributed by atoms with E-state index in [1.165, 1.54) is 0 Å². The molecule has 1 N–H and O–H groups in total. The van der Waals surface area contributed by atoms with Crippen LogP contribution in [-0.4, -0.2) is 29.8 Å². The third kappa shape index (κ3) is 5.91. The zero-order valence-electron chi connectivity index (χ0n) is 18.5. The van der Waals surface area contributed by atoms with Crippen LogP contribution in [0.3, 0.4) is 0 Å². The van der Waals surface area contributed by atoms with Crippen molar-refractivity contribution in [3.63, 3.8) is 0 Å². The van der Waals surface area contributed by atoms with Crippen molar-refractivity contribution in [1.82, 2.24) is 4.90 Å². The fourth-order valence-electron chi connectivity index (χ4n) is 3.29. The first-order chi connectivity index (χ1) is 16.0. The van der Waals surface area contributed by atoms with Gasteiger partial charge >= 0.3 is 0 Å². The molecule has 0 aliphatic carbocycles. The summed E-state index contributed by atoms with van der Waals surface area (Å²) in [7, 11) is 0. The van der Waals surface area contributed by atoms with E-state index in [2.05, 4.69) is 11.4 Å². The average Bonchev–Trinajstić information content (AvgIpc) is 2.83. The first-order valence-corrected chi connectivity index (χ1v) is 11.0. The van der Waals surface area contributed by atoms with Gasteiger partial charge in [0.2, 0.25) is 0 Å². The first kappa shape index (κ1) is 23.8. The van der Waals surface area contributed by atoms with Gasteiger partial charge in [0, 0.05) is 29.9 Å². The lowest BCUT2D eigenvalue weighted by Crippen LogP contribution is -2.30. The van der Waals surface area contributed by atoms with E-state index in [0.29, 0.717) is 41.2 Å². The van der Waals surface area contributed by atoms with Crippen molar-refractivity contribution in [1.29, 1.82) is 5.26 Å². The molecule has 0 spiro atoms. The number of rotatable bonds is 8. The molecule has 7 heteroatoms. The Hall–Kier alpha value is -3.82. The molecule has 0 aliphatic rings. The molecule has 0 unspecified atom stereocenters. The van der Waals surface area contributed by atoms with Crippen LogP contribution in [0, 0.1) is 11.3 Å². The van der Waals surface area contributed by atoms with E-state index in [0.717, 1.165) is 5.56 Å². The number of nitrogens with one attached hydrogen (secondary N) is 1. The van der Waals surface area contributed by atoms with Gasteiger partial charge in [0.15, 0.2) is 0 Å². The second-order valence-corrected chi connectivity index (χ2v) is 7.62. The van der Waals surface area contributed by atoms with Crippen molar-refractivity contribution in [3.05, 3.63) is 94.0 Å². The Morgan fingerprint density at radius 1 is 1.03 bits per heavy atom. The molecule has 3 aromatic carbocycles. The van der Waals surface area contributed by atoms with Gasteiger partial charge in [-0.05, 0) is 56.3 Å². The van der Waals surface area contributed by atoms with Gasteiger partial charge in [0.1, 0.15) is 12.4 Å². The molecule has 0 radical (unpaired) electrons. The summed E-state index contributed by atoms with van der Waals surface area (Å²) in [5.41, 5.74) is 2.59. The highest BCUT2D eigenvalue weighted by molar-refractivity contribution is 6.34. The second-order valence-electron chi connectivity index (χ2n) is 7.21. The minimum absolute atomic E-state index is 0.148. The van der Waals surface area contributed by atoms with Crippen LogP contribution in [0.2, 0.25) is 5.02 Å². The molecule has 3 aromatic rings. The largest absolute Gasteiger partial charge is 0.489 e. The number of anilines is 1. The lowest BCUT2D eigenvalue weighted by atomic mass is 10.1. The highest BCUT2D eigenvalue weighted by atomic mass is 35.5. The van der Waals surface area contributed by atoms with Crippen molar-refractivity contribution < 1.29 is 14.3 Å². The number of halogens is 1. The molecule has 2 amide bonds. The Balaban J connectivity index is 1.69. The van der Waals surface area contributed by atoms with E-state index in [-0.39, 0.29) is 23.4 Å². The molecule has 3 rings (SSSR count). The van der Waals surface area contributed by atoms with Crippen molar-refractivity contribution in [2.45, 2.75) is 20.5 Å². The topological polar surface area (TPSA) is 82.4 Å². The maximum atomic E-state index is 12.7. The zero-order chi connectivity index (χ0) is 23.8. The van der Waals surface area contributed by atoms with Gasteiger partial charge in [0.05, 0.1) is 22.2 Å². The van der Waals surface area contributed by atoms with E-state index >= 15 is 0 Å². The summed E-state index contributed by atoms with van der Waals surface area (Å²) in [5.74, 6) is 0.0241. The molecule has 0 heterocycles. The van der Waals surface area contributed by atoms with Crippen LogP contribution in [0.15, 0.2) is 66.7 Å². The molecule has 0 bridgehead atoms. The summed E-state index contributed by atoms with van der Waals surface area (Å²) in [6, 6.07) is 20.9. The minimum Gasteiger partial charge on any atom is -0.489 e. The Morgan fingerprint density at radius 2 is 1.79 bits per heavy atom. The number of amides is 2. The van der Waals surface area contributed by atoms with Crippen LogP contribution in [0.4, 0.5) is 5.69 Å². The molecule has 0 aromatic heterocycles. The summed E-state index contributed by atoms with van der Waals surface area (Å²) in [6.45, 7) is 5.20. The maximum absolute atomic E-state index is 12.7. The van der Waals surface area contributed by atoms with Crippen molar-refractivity contribution in [2.24, 2.45) is 0 Å². The fraction of sp³-hybridized carbons (Fsp3) is 0.192. The lowest BCUT2D eigenvalue weighted by Gasteiger charge is -2.19. The van der Waals surface area contributed by atoms with Crippen LogP contribution in [0.5, 0.6) is 5.75 Å². The average molecular weight is 462 g/mol. The fourth-order valence-corrected chi connectivity index (χ4v) is 3.56. The zero-order valence-corrected chi connectivity index (χ0v) is 19.2. The maximum Gasteiger partial charge on any atom is 0.255 e. The highest BCUT2D eigenvalue weighted by Gasteiger charge is 2.17. The van der Waals surface area contributed by atoms with Crippen LogP contribution in [0.1, 0.15) is 45.7 Å². The third-order valence-electron chi connectivity index (χ3n) is 5.14. The number of carbonyl (C=O) groups is 2. The standard InChI is InChI=1S/C26H24ClN3O3/c1-3-30(4-2)26(32)23-13-12-21(15-24(23)27)29-25(31)18-10-7-11-22(14-18)33-17-20-9-6-5-8-19(20)16-28/h5-15H,3-4,17H2,1-2H3,(H,29,31). The molecule has 33 heavy (non-hydrogen) atoms. The summed E-state index contributed by atoms with van der Waals surface area (Å²) < 4.78 is 5.79. The van der Waals surface area contributed by atoms with E-state index in [1.54, 1.807) is 59.5 Å². The number of benzene rings is 3. The highest BCUT2D eigenvalue weighted by Crippen LogP contribution is 2.24. The first-order valence-electron chi connectivity index (χ1n) is 10.6. The number of ether oxygens (including phenoxy) is 1. The van der Waals surface area contributed by atoms with Gasteiger partial charge in [-0.15, -0.1) is 0 Å². The number of hydrogen-bond acceptors (Lipinski definition) is 4. The van der Waals surface area contributed by atoms with Gasteiger partial charge in [-0.2, -0.15) is 5.26 Å². The van der Waals surface area contributed by atoms with Crippen LogP contribution in [0.25, 0.3) is 0 Å². The SMILES string of the molecule is CCN(CC)C(=O)c1ccc(NC(=O)c2cccc(OCc3ccccc3C#N)c2)cc1Cl. The minimum atomic E-state index is -0.336. The molecule has 0 saturated heterocycles. The molecule has 0 atom stereocenters. The van der Waals surface area contributed by atoms with Gasteiger partial charge < -0.3 is 15.0 Å². The second kappa shape index (κ2) is 11.2. The van der Waals surface area contributed by atoms with Crippen LogP contribution >= 0.6 is 11.6 Å². The molecule has 6 nitrogen and oxygen atoms in total. The summed E-state index contributed by atoms with van der Waals surface area (Å²) in [5, 5.41) is 12.3. The van der Waals surface area contributed by atoms with E-state index in [1.807, 2.05) is 26.0 Å². The van der Waals surface area contributed by atoms with Crippen LogP contribution < -0.4 is 10.1 Å².